The van der Waals surface area contributed by atoms with E-state index in [1.165, 1.54) is 0 Å². The summed E-state index contributed by atoms with van der Waals surface area (Å²) in [5.41, 5.74) is 3.35. The molecular formula is C22H17ClN2O2S. The smallest absolute Gasteiger partial charge is 0.228 e. The van der Waals surface area contributed by atoms with Gasteiger partial charge in [-0.15, -0.1) is 11.3 Å². The normalized spacial score (nSPS) is 10.8. The van der Waals surface area contributed by atoms with Crippen LogP contribution in [0.25, 0.3) is 20.8 Å². The molecular weight excluding hydrogens is 392 g/mol. The summed E-state index contributed by atoms with van der Waals surface area (Å²) in [7, 11) is 1.60. The van der Waals surface area contributed by atoms with Gasteiger partial charge in [-0.1, -0.05) is 35.9 Å². The lowest BCUT2D eigenvalue weighted by molar-refractivity contribution is -0.115. The molecule has 0 fully saturated rings. The number of hydrogen-bond donors (Lipinski definition) is 1. The van der Waals surface area contributed by atoms with Crippen molar-refractivity contribution in [2.45, 2.75) is 6.42 Å². The second kappa shape index (κ2) is 8.00. The zero-order valence-corrected chi connectivity index (χ0v) is 16.7. The number of para-hydroxylation sites is 1. The number of methoxy groups -OCH3 is 1. The number of anilines is 1. The molecule has 0 aliphatic carbocycles. The number of carbonyl (C=O) groups excluding carboxylic acids is 1. The fourth-order valence-electron chi connectivity index (χ4n) is 2.91. The molecule has 28 heavy (non-hydrogen) atoms. The first-order valence-corrected chi connectivity index (χ1v) is 9.90. The Morgan fingerprint density at radius 2 is 1.96 bits per heavy atom. The number of fused-ring (bicyclic) bond motifs is 1. The van der Waals surface area contributed by atoms with Gasteiger partial charge in [-0.25, -0.2) is 4.98 Å². The van der Waals surface area contributed by atoms with E-state index < -0.39 is 0 Å². The topological polar surface area (TPSA) is 51.2 Å². The second-order valence-corrected chi connectivity index (χ2v) is 7.70. The SMILES string of the molecule is COc1cccc(CC(=O)Nc2ccc(-c3nc4ccccc4s3)cc2Cl)c1. The first-order chi connectivity index (χ1) is 13.6. The molecule has 1 amide bonds. The highest BCUT2D eigenvalue weighted by Crippen LogP contribution is 2.33. The minimum atomic E-state index is -0.136. The number of carbonyl (C=O) groups is 1. The zero-order valence-electron chi connectivity index (χ0n) is 15.1. The van der Waals surface area contributed by atoms with Crippen molar-refractivity contribution in [2.24, 2.45) is 0 Å². The van der Waals surface area contributed by atoms with E-state index in [0.717, 1.165) is 32.1 Å². The minimum Gasteiger partial charge on any atom is -0.497 e. The summed E-state index contributed by atoms with van der Waals surface area (Å²) < 4.78 is 6.32. The molecule has 1 N–H and O–H groups in total. The van der Waals surface area contributed by atoms with Gasteiger partial charge in [-0.3, -0.25) is 4.79 Å². The van der Waals surface area contributed by atoms with Gasteiger partial charge in [0.2, 0.25) is 5.91 Å². The molecule has 1 aromatic heterocycles. The van der Waals surface area contributed by atoms with E-state index in [1.54, 1.807) is 18.4 Å². The number of nitrogens with zero attached hydrogens (tertiary/aromatic N) is 1. The quantitative estimate of drug-likeness (QED) is 0.453. The molecule has 3 aromatic carbocycles. The van der Waals surface area contributed by atoms with Crippen molar-refractivity contribution in [3.05, 3.63) is 77.3 Å². The van der Waals surface area contributed by atoms with Crippen LogP contribution in [0, 0.1) is 0 Å². The maximum absolute atomic E-state index is 12.4. The largest absolute Gasteiger partial charge is 0.497 e. The van der Waals surface area contributed by atoms with Gasteiger partial charge in [-0.2, -0.15) is 0 Å². The Labute approximate surface area is 171 Å². The standard InChI is InChI=1S/C22H17ClN2O2S/c1-27-16-6-4-5-14(11-16)12-21(26)24-18-10-9-15(13-17(18)23)22-25-19-7-2-3-8-20(19)28-22/h2-11,13H,12H2,1H3,(H,24,26). The van der Waals surface area contributed by atoms with Crippen molar-refractivity contribution >= 4 is 44.7 Å². The second-order valence-electron chi connectivity index (χ2n) is 6.26. The number of benzene rings is 3. The lowest BCUT2D eigenvalue weighted by Gasteiger charge is -2.09. The van der Waals surface area contributed by atoms with E-state index in [9.17, 15) is 4.79 Å². The van der Waals surface area contributed by atoms with Crippen LogP contribution in [-0.4, -0.2) is 18.0 Å². The molecule has 0 saturated heterocycles. The molecule has 6 heteroatoms. The molecule has 0 aliphatic rings. The molecule has 4 nitrogen and oxygen atoms in total. The van der Waals surface area contributed by atoms with Crippen LogP contribution in [0.4, 0.5) is 5.69 Å². The summed E-state index contributed by atoms with van der Waals surface area (Å²) in [6.07, 6.45) is 0.243. The number of ether oxygens (including phenoxy) is 1. The van der Waals surface area contributed by atoms with Gasteiger partial charge in [0.05, 0.1) is 34.5 Å². The number of amides is 1. The molecule has 0 unspecified atom stereocenters. The van der Waals surface area contributed by atoms with Crippen molar-refractivity contribution in [1.82, 2.24) is 4.98 Å². The predicted octanol–water partition coefficient (Wildman–Crippen LogP) is 5.81. The third-order valence-corrected chi connectivity index (χ3v) is 5.68. The summed E-state index contributed by atoms with van der Waals surface area (Å²) in [4.78, 5) is 17.0. The summed E-state index contributed by atoms with van der Waals surface area (Å²) in [5, 5.41) is 4.26. The summed E-state index contributed by atoms with van der Waals surface area (Å²) in [5.74, 6) is 0.589. The number of thiazole rings is 1. The van der Waals surface area contributed by atoms with Crippen LogP contribution >= 0.6 is 22.9 Å². The Balaban J connectivity index is 1.50. The van der Waals surface area contributed by atoms with Crippen molar-refractivity contribution in [2.75, 3.05) is 12.4 Å². The molecule has 0 saturated carbocycles. The number of halogens is 1. The molecule has 0 radical (unpaired) electrons. The van der Waals surface area contributed by atoms with Crippen LogP contribution in [-0.2, 0) is 11.2 Å². The van der Waals surface area contributed by atoms with Crippen LogP contribution in [0.15, 0.2) is 66.7 Å². The Hall–Kier alpha value is -2.89. The third kappa shape index (κ3) is 4.01. The fraction of sp³-hybridized carbons (Fsp3) is 0.0909. The van der Waals surface area contributed by atoms with Crippen molar-refractivity contribution in [3.63, 3.8) is 0 Å². The van der Waals surface area contributed by atoms with Crippen molar-refractivity contribution in [3.8, 4) is 16.3 Å². The van der Waals surface area contributed by atoms with E-state index >= 15 is 0 Å². The van der Waals surface area contributed by atoms with E-state index in [-0.39, 0.29) is 12.3 Å². The van der Waals surface area contributed by atoms with Crippen LogP contribution in [0.5, 0.6) is 5.75 Å². The van der Waals surface area contributed by atoms with E-state index in [2.05, 4.69) is 10.3 Å². The molecule has 0 aliphatic heterocycles. The Morgan fingerprint density at radius 1 is 1.11 bits per heavy atom. The monoisotopic (exact) mass is 408 g/mol. The average molecular weight is 409 g/mol. The van der Waals surface area contributed by atoms with Crippen LogP contribution < -0.4 is 10.1 Å². The predicted molar refractivity (Wildman–Crippen MR) is 115 cm³/mol. The van der Waals surface area contributed by atoms with E-state index in [1.807, 2.05) is 66.7 Å². The van der Waals surface area contributed by atoms with Gasteiger partial charge in [0.15, 0.2) is 0 Å². The van der Waals surface area contributed by atoms with Gasteiger partial charge >= 0.3 is 0 Å². The zero-order chi connectivity index (χ0) is 19.5. The number of hydrogen-bond acceptors (Lipinski definition) is 4. The van der Waals surface area contributed by atoms with Gasteiger partial charge in [-0.05, 0) is 48.0 Å². The van der Waals surface area contributed by atoms with Gasteiger partial charge in [0, 0.05) is 5.56 Å². The molecule has 0 bridgehead atoms. The highest BCUT2D eigenvalue weighted by atomic mass is 35.5. The van der Waals surface area contributed by atoms with Crippen LogP contribution in [0.3, 0.4) is 0 Å². The molecule has 140 valence electrons. The van der Waals surface area contributed by atoms with Gasteiger partial charge < -0.3 is 10.1 Å². The van der Waals surface area contributed by atoms with Crippen molar-refractivity contribution in [1.29, 1.82) is 0 Å². The number of rotatable bonds is 5. The summed E-state index contributed by atoms with van der Waals surface area (Å²) >= 11 is 8.03. The molecule has 0 atom stereocenters. The van der Waals surface area contributed by atoms with Crippen LogP contribution in [0.2, 0.25) is 5.02 Å². The lowest BCUT2D eigenvalue weighted by atomic mass is 10.1. The molecule has 4 aromatic rings. The Morgan fingerprint density at radius 3 is 2.75 bits per heavy atom. The number of nitrogens with one attached hydrogen (secondary N) is 1. The molecule has 4 rings (SSSR count). The third-order valence-electron chi connectivity index (χ3n) is 4.28. The molecule has 0 spiro atoms. The Kier molecular flexibility index (Phi) is 5.28. The van der Waals surface area contributed by atoms with Crippen LogP contribution in [0.1, 0.15) is 5.56 Å². The average Bonchev–Trinajstić information content (AvgIpc) is 3.14. The van der Waals surface area contributed by atoms with E-state index in [0.29, 0.717) is 10.7 Å². The lowest BCUT2D eigenvalue weighted by Crippen LogP contribution is -2.14. The number of aromatic nitrogens is 1. The summed E-state index contributed by atoms with van der Waals surface area (Å²) in [6.45, 7) is 0. The highest BCUT2D eigenvalue weighted by molar-refractivity contribution is 7.21. The van der Waals surface area contributed by atoms with Gasteiger partial charge in [0.25, 0.3) is 0 Å². The Bertz CT molecular complexity index is 1120. The van der Waals surface area contributed by atoms with Gasteiger partial charge in [0.1, 0.15) is 10.8 Å². The minimum absolute atomic E-state index is 0.136. The van der Waals surface area contributed by atoms with E-state index in [4.69, 9.17) is 16.3 Å². The first kappa shape index (κ1) is 18.5. The maximum atomic E-state index is 12.4. The summed E-state index contributed by atoms with van der Waals surface area (Å²) in [6, 6.07) is 21.0. The fourth-order valence-corrected chi connectivity index (χ4v) is 4.10. The molecule has 1 heterocycles. The van der Waals surface area contributed by atoms with Crippen molar-refractivity contribution < 1.29 is 9.53 Å². The maximum Gasteiger partial charge on any atom is 0.228 e. The first-order valence-electron chi connectivity index (χ1n) is 8.70. The highest BCUT2D eigenvalue weighted by Gasteiger charge is 2.11.